The van der Waals surface area contributed by atoms with Crippen LogP contribution in [-0.2, 0) is 4.74 Å². The van der Waals surface area contributed by atoms with Gasteiger partial charge in [0, 0.05) is 13.2 Å². The Morgan fingerprint density at radius 2 is 2.46 bits per heavy atom. The summed E-state index contributed by atoms with van der Waals surface area (Å²) in [5, 5.41) is 12.6. The van der Waals surface area contributed by atoms with Gasteiger partial charge in [0.1, 0.15) is 0 Å². The van der Waals surface area contributed by atoms with E-state index < -0.39 is 0 Å². The Morgan fingerprint density at radius 3 is 3.08 bits per heavy atom. The minimum absolute atomic E-state index is 0.142. The van der Waals surface area contributed by atoms with Crippen LogP contribution in [0, 0.1) is 0 Å². The maximum atomic E-state index is 9.28. The third-order valence-electron chi connectivity index (χ3n) is 2.52. The second kappa shape index (κ2) is 6.35. The van der Waals surface area contributed by atoms with Gasteiger partial charge in [-0.1, -0.05) is 6.92 Å². The van der Waals surface area contributed by atoms with Crippen LogP contribution in [-0.4, -0.2) is 37.0 Å². The zero-order chi connectivity index (χ0) is 9.52. The Labute approximate surface area is 80.5 Å². The second-order valence-electron chi connectivity index (χ2n) is 3.69. The van der Waals surface area contributed by atoms with E-state index in [9.17, 15) is 5.11 Å². The molecule has 78 valence electrons. The molecule has 2 N–H and O–H groups in total. The molecule has 0 amide bonds. The Bertz CT molecular complexity index is 124. The van der Waals surface area contributed by atoms with Crippen LogP contribution < -0.4 is 5.32 Å². The molecular formula is C10H21NO2. The van der Waals surface area contributed by atoms with Gasteiger partial charge in [0.2, 0.25) is 0 Å². The molecule has 1 fully saturated rings. The molecule has 1 heterocycles. The zero-order valence-electron chi connectivity index (χ0n) is 8.46. The molecular weight excluding hydrogens is 166 g/mol. The predicted molar refractivity (Wildman–Crippen MR) is 52.8 cm³/mol. The van der Waals surface area contributed by atoms with Crippen LogP contribution >= 0.6 is 0 Å². The third kappa shape index (κ3) is 4.60. The maximum Gasteiger partial charge on any atom is 0.0700 e. The first kappa shape index (κ1) is 11.0. The van der Waals surface area contributed by atoms with Gasteiger partial charge >= 0.3 is 0 Å². The first-order valence-electron chi connectivity index (χ1n) is 5.33. The fourth-order valence-corrected chi connectivity index (χ4v) is 1.54. The number of ether oxygens (including phenoxy) is 1. The summed E-state index contributed by atoms with van der Waals surface area (Å²) >= 11 is 0. The molecule has 0 aromatic rings. The summed E-state index contributed by atoms with van der Waals surface area (Å²) in [5.74, 6) is 0. The summed E-state index contributed by atoms with van der Waals surface area (Å²) in [4.78, 5) is 0. The van der Waals surface area contributed by atoms with Crippen LogP contribution in [0.4, 0.5) is 0 Å². The molecule has 1 rings (SSSR count). The van der Waals surface area contributed by atoms with Crippen LogP contribution in [0.5, 0.6) is 0 Å². The van der Waals surface area contributed by atoms with Crippen molar-refractivity contribution < 1.29 is 9.84 Å². The van der Waals surface area contributed by atoms with E-state index in [2.05, 4.69) is 5.32 Å². The van der Waals surface area contributed by atoms with E-state index in [4.69, 9.17) is 4.74 Å². The van der Waals surface area contributed by atoms with Crippen LogP contribution in [0.1, 0.15) is 32.6 Å². The minimum Gasteiger partial charge on any atom is -0.393 e. The van der Waals surface area contributed by atoms with E-state index in [0.717, 1.165) is 32.5 Å². The number of hydrogen-bond acceptors (Lipinski definition) is 3. The van der Waals surface area contributed by atoms with Crippen molar-refractivity contribution in [2.75, 3.05) is 19.7 Å². The maximum absolute atomic E-state index is 9.28. The van der Waals surface area contributed by atoms with Crippen molar-refractivity contribution in [1.29, 1.82) is 0 Å². The highest BCUT2D eigenvalue weighted by Gasteiger charge is 2.14. The normalized spacial score (nSPS) is 24.9. The van der Waals surface area contributed by atoms with Crippen LogP contribution in [0.25, 0.3) is 0 Å². The van der Waals surface area contributed by atoms with Gasteiger partial charge in [-0.15, -0.1) is 0 Å². The fraction of sp³-hybridized carbons (Fsp3) is 1.00. The molecule has 2 atom stereocenters. The molecule has 0 aromatic heterocycles. The third-order valence-corrected chi connectivity index (χ3v) is 2.52. The lowest BCUT2D eigenvalue weighted by Crippen LogP contribution is -2.28. The highest BCUT2D eigenvalue weighted by molar-refractivity contribution is 4.67. The van der Waals surface area contributed by atoms with E-state index in [0.29, 0.717) is 6.10 Å². The zero-order valence-corrected chi connectivity index (χ0v) is 8.46. The number of nitrogens with one attached hydrogen (secondary N) is 1. The molecule has 0 aromatic carbocycles. The smallest absolute Gasteiger partial charge is 0.0700 e. The van der Waals surface area contributed by atoms with Gasteiger partial charge in [-0.2, -0.15) is 0 Å². The molecule has 0 radical (unpaired) electrons. The first-order valence-corrected chi connectivity index (χ1v) is 5.33. The van der Waals surface area contributed by atoms with Gasteiger partial charge in [-0.25, -0.2) is 0 Å². The second-order valence-corrected chi connectivity index (χ2v) is 3.69. The van der Waals surface area contributed by atoms with E-state index in [1.165, 1.54) is 12.8 Å². The largest absolute Gasteiger partial charge is 0.393 e. The lowest BCUT2D eigenvalue weighted by molar-refractivity contribution is 0.107. The van der Waals surface area contributed by atoms with Gasteiger partial charge in [0.05, 0.1) is 12.2 Å². The Hall–Kier alpha value is -0.120. The van der Waals surface area contributed by atoms with Crippen molar-refractivity contribution in [3.8, 4) is 0 Å². The monoisotopic (exact) mass is 187 g/mol. The van der Waals surface area contributed by atoms with Crippen molar-refractivity contribution >= 4 is 0 Å². The summed E-state index contributed by atoms with van der Waals surface area (Å²) in [5.41, 5.74) is 0. The van der Waals surface area contributed by atoms with Crippen LogP contribution in [0.3, 0.4) is 0 Å². The van der Waals surface area contributed by atoms with E-state index >= 15 is 0 Å². The Morgan fingerprint density at radius 1 is 1.62 bits per heavy atom. The molecule has 2 unspecified atom stereocenters. The standard InChI is InChI=1S/C10H21NO2/c1-2-9(12)5-6-11-8-10-4-3-7-13-10/h9-12H,2-8H2,1H3. The summed E-state index contributed by atoms with van der Waals surface area (Å²) in [6.45, 7) is 4.76. The molecule has 0 spiro atoms. The van der Waals surface area contributed by atoms with Crippen molar-refractivity contribution in [3.05, 3.63) is 0 Å². The topological polar surface area (TPSA) is 41.5 Å². The van der Waals surface area contributed by atoms with Crippen molar-refractivity contribution in [3.63, 3.8) is 0 Å². The summed E-state index contributed by atoms with van der Waals surface area (Å²) < 4.78 is 5.46. The SMILES string of the molecule is CCC(O)CCNCC1CCCO1. The number of aliphatic hydroxyl groups is 1. The van der Waals surface area contributed by atoms with Crippen molar-refractivity contribution in [1.82, 2.24) is 5.32 Å². The van der Waals surface area contributed by atoms with Crippen molar-refractivity contribution in [2.24, 2.45) is 0 Å². The highest BCUT2D eigenvalue weighted by Crippen LogP contribution is 2.10. The van der Waals surface area contributed by atoms with Gasteiger partial charge in [0.15, 0.2) is 0 Å². The van der Waals surface area contributed by atoms with Gasteiger partial charge in [-0.05, 0) is 32.2 Å². The van der Waals surface area contributed by atoms with Crippen LogP contribution in [0.2, 0.25) is 0 Å². The van der Waals surface area contributed by atoms with E-state index in [-0.39, 0.29) is 6.10 Å². The Kier molecular flexibility index (Phi) is 5.35. The molecule has 0 aliphatic carbocycles. The number of aliphatic hydroxyl groups excluding tert-OH is 1. The summed E-state index contributed by atoms with van der Waals surface area (Å²) in [6.07, 6.45) is 4.36. The number of rotatable bonds is 6. The molecule has 13 heavy (non-hydrogen) atoms. The molecule has 1 saturated heterocycles. The number of hydrogen-bond donors (Lipinski definition) is 2. The predicted octanol–water partition coefficient (Wildman–Crippen LogP) is 0.916. The highest BCUT2D eigenvalue weighted by atomic mass is 16.5. The summed E-state index contributed by atoms with van der Waals surface area (Å²) in [6, 6.07) is 0. The molecule has 1 aliphatic rings. The average Bonchev–Trinajstić information content (AvgIpc) is 2.64. The van der Waals surface area contributed by atoms with Crippen molar-refractivity contribution in [2.45, 2.75) is 44.8 Å². The average molecular weight is 187 g/mol. The van der Waals surface area contributed by atoms with Gasteiger partial charge in [0.25, 0.3) is 0 Å². The fourth-order valence-electron chi connectivity index (χ4n) is 1.54. The Balaban J connectivity index is 1.88. The molecule has 3 heteroatoms. The molecule has 0 saturated carbocycles. The molecule has 3 nitrogen and oxygen atoms in total. The molecule has 1 aliphatic heterocycles. The minimum atomic E-state index is -0.142. The van der Waals surface area contributed by atoms with E-state index in [1.807, 2.05) is 6.92 Å². The lowest BCUT2D eigenvalue weighted by atomic mass is 10.2. The van der Waals surface area contributed by atoms with E-state index in [1.54, 1.807) is 0 Å². The van der Waals surface area contributed by atoms with Crippen LogP contribution in [0.15, 0.2) is 0 Å². The molecule has 0 bridgehead atoms. The summed E-state index contributed by atoms with van der Waals surface area (Å²) in [7, 11) is 0. The van der Waals surface area contributed by atoms with Gasteiger partial charge < -0.3 is 15.2 Å². The lowest BCUT2D eigenvalue weighted by Gasteiger charge is -2.12. The quantitative estimate of drug-likeness (QED) is 0.607. The van der Waals surface area contributed by atoms with Gasteiger partial charge in [-0.3, -0.25) is 0 Å². The first-order chi connectivity index (χ1) is 6.33.